The average Bonchev–Trinajstić information content (AvgIpc) is 2.27. The second kappa shape index (κ2) is 10.8. The van der Waals surface area contributed by atoms with Crippen LogP contribution >= 0.6 is 0 Å². The minimum atomic E-state index is -0.257. The number of nitrogens with one attached hydrogen (secondary N) is 1. The molecule has 3 nitrogen and oxygen atoms in total. The van der Waals surface area contributed by atoms with Crippen LogP contribution in [0.25, 0.3) is 0 Å². The standard InChI is InChI=1S/C15H34N2O/c1-6-7-8-9-17(14(4)5)12-15(18)11-16-10-13(2)3/h13-16,18H,6-12H2,1-5H3. The quantitative estimate of drug-likeness (QED) is 0.559. The zero-order valence-corrected chi connectivity index (χ0v) is 13.1. The molecule has 0 heterocycles. The van der Waals surface area contributed by atoms with Crippen molar-refractivity contribution in [1.29, 1.82) is 0 Å². The van der Waals surface area contributed by atoms with Crippen LogP contribution in [0.5, 0.6) is 0 Å². The third-order valence-electron chi connectivity index (χ3n) is 3.16. The summed E-state index contributed by atoms with van der Waals surface area (Å²) in [5, 5.41) is 13.4. The number of unbranched alkanes of at least 4 members (excludes halogenated alkanes) is 2. The third kappa shape index (κ3) is 9.86. The fourth-order valence-electron chi connectivity index (χ4n) is 2.00. The Bertz CT molecular complexity index is 183. The van der Waals surface area contributed by atoms with Crippen molar-refractivity contribution >= 4 is 0 Å². The number of aliphatic hydroxyl groups is 1. The van der Waals surface area contributed by atoms with Gasteiger partial charge in [-0.05, 0) is 39.3 Å². The maximum Gasteiger partial charge on any atom is 0.0791 e. The number of aliphatic hydroxyl groups excluding tert-OH is 1. The molecule has 18 heavy (non-hydrogen) atoms. The van der Waals surface area contributed by atoms with Gasteiger partial charge in [0, 0.05) is 19.1 Å². The van der Waals surface area contributed by atoms with Gasteiger partial charge in [0.1, 0.15) is 0 Å². The van der Waals surface area contributed by atoms with E-state index in [0.717, 1.165) is 19.6 Å². The molecule has 0 aromatic carbocycles. The highest BCUT2D eigenvalue weighted by Gasteiger charge is 2.14. The van der Waals surface area contributed by atoms with Crippen LogP contribution in [0, 0.1) is 5.92 Å². The molecule has 1 unspecified atom stereocenters. The fraction of sp³-hybridized carbons (Fsp3) is 1.00. The van der Waals surface area contributed by atoms with Gasteiger partial charge < -0.3 is 10.4 Å². The molecule has 0 amide bonds. The monoisotopic (exact) mass is 258 g/mol. The van der Waals surface area contributed by atoms with Gasteiger partial charge in [0.15, 0.2) is 0 Å². The largest absolute Gasteiger partial charge is 0.390 e. The molecule has 0 rings (SSSR count). The molecule has 2 N–H and O–H groups in total. The minimum Gasteiger partial charge on any atom is -0.390 e. The van der Waals surface area contributed by atoms with Gasteiger partial charge in [-0.15, -0.1) is 0 Å². The van der Waals surface area contributed by atoms with Crippen molar-refractivity contribution in [3.8, 4) is 0 Å². The van der Waals surface area contributed by atoms with E-state index in [1.807, 2.05) is 0 Å². The van der Waals surface area contributed by atoms with E-state index in [0.29, 0.717) is 18.5 Å². The first-order valence-electron chi connectivity index (χ1n) is 7.60. The van der Waals surface area contributed by atoms with Crippen molar-refractivity contribution in [2.75, 3.05) is 26.2 Å². The van der Waals surface area contributed by atoms with Crippen molar-refractivity contribution in [3.63, 3.8) is 0 Å². The number of hydrogen-bond donors (Lipinski definition) is 2. The Morgan fingerprint density at radius 1 is 1.06 bits per heavy atom. The van der Waals surface area contributed by atoms with Gasteiger partial charge in [0.25, 0.3) is 0 Å². The summed E-state index contributed by atoms with van der Waals surface area (Å²) in [5.41, 5.74) is 0. The van der Waals surface area contributed by atoms with Crippen LogP contribution in [0.4, 0.5) is 0 Å². The normalized spacial score (nSPS) is 13.8. The van der Waals surface area contributed by atoms with Crippen LogP contribution in [-0.2, 0) is 0 Å². The van der Waals surface area contributed by atoms with Gasteiger partial charge in [-0.1, -0.05) is 33.6 Å². The highest BCUT2D eigenvalue weighted by molar-refractivity contribution is 4.70. The zero-order chi connectivity index (χ0) is 14.0. The maximum absolute atomic E-state index is 10.0. The Labute approximate surface area is 114 Å². The van der Waals surface area contributed by atoms with E-state index in [1.165, 1.54) is 19.3 Å². The van der Waals surface area contributed by atoms with Crippen LogP contribution in [-0.4, -0.2) is 48.3 Å². The summed E-state index contributed by atoms with van der Waals surface area (Å²) >= 11 is 0. The van der Waals surface area contributed by atoms with Crippen LogP contribution < -0.4 is 5.32 Å². The number of rotatable bonds is 11. The number of hydrogen-bond acceptors (Lipinski definition) is 3. The predicted octanol–water partition coefficient (Wildman–Crippen LogP) is 2.49. The summed E-state index contributed by atoms with van der Waals surface area (Å²) < 4.78 is 0. The SMILES string of the molecule is CCCCCN(CC(O)CNCC(C)C)C(C)C. The minimum absolute atomic E-state index is 0.257. The molecule has 0 fully saturated rings. The second-order valence-corrected chi connectivity index (χ2v) is 6.00. The lowest BCUT2D eigenvalue weighted by atomic mass is 10.2. The molecule has 0 aliphatic carbocycles. The van der Waals surface area contributed by atoms with E-state index >= 15 is 0 Å². The zero-order valence-electron chi connectivity index (χ0n) is 13.1. The molecule has 0 bridgehead atoms. The van der Waals surface area contributed by atoms with Crippen molar-refractivity contribution in [2.45, 2.75) is 66.0 Å². The summed E-state index contributed by atoms with van der Waals surface area (Å²) in [5.74, 6) is 0.642. The van der Waals surface area contributed by atoms with E-state index in [9.17, 15) is 5.11 Å². The molecular formula is C15H34N2O. The lowest BCUT2D eigenvalue weighted by Gasteiger charge is -2.29. The van der Waals surface area contributed by atoms with E-state index < -0.39 is 0 Å². The van der Waals surface area contributed by atoms with Crippen LogP contribution in [0.15, 0.2) is 0 Å². The molecule has 0 aromatic heterocycles. The van der Waals surface area contributed by atoms with Crippen molar-refractivity contribution in [1.82, 2.24) is 10.2 Å². The highest BCUT2D eigenvalue weighted by Crippen LogP contribution is 2.04. The smallest absolute Gasteiger partial charge is 0.0791 e. The second-order valence-electron chi connectivity index (χ2n) is 6.00. The Hall–Kier alpha value is -0.120. The van der Waals surface area contributed by atoms with Gasteiger partial charge in [0.2, 0.25) is 0 Å². The lowest BCUT2D eigenvalue weighted by molar-refractivity contribution is 0.0929. The molecule has 3 heteroatoms. The van der Waals surface area contributed by atoms with Gasteiger partial charge in [0.05, 0.1) is 6.10 Å². The summed E-state index contributed by atoms with van der Waals surface area (Å²) in [6, 6.07) is 0.515. The number of nitrogens with zero attached hydrogens (tertiary/aromatic N) is 1. The Morgan fingerprint density at radius 2 is 1.72 bits per heavy atom. The van der Waals surface area contributed by atoms with E-state index in [-0.39, 0.29) is 6.10 Å². The summed E-state index contributed by atoms with van der Waals surface area (Å²) in [6.45, 7) is 14.6. The van der Waals surface area contributed by atoms with Crippen molar-refractivity contribution in [2.24, 2.45) is 5.92 Å². The van der Waals surface area contributed by atoms with Crippen molar-refractivity contribution < 1.29 is 5.11 Å². The average molecular weight is 258 g/mol. The maximum atomic E-state index is 10.0. The van der Waals surface area contributed by atoms with Crippen LogP contribution in [0.3, 0.4) is 0 Å². The van der Waals surface area contributed by atoms with E-state index in [1.54, 1.807) is 0 Å². The molecule has 0 aliphatic heterocycles. The topological polar surface area (TPSA) is 35.5 Å². The lowest BCUT2D eigenvalue weighted by Crippen LogP contribution is -2.42. The third-order valence-corrected chi connectivity index (χ3v) is 3.16. The highest BCUT2D eigenvalue weighted by atomic mass is 16.3. The van der Waals surface area contributed by atoms with Crippen LogP contribution in [0.2, 0.25) is 0 Å². The molecule has 0 spiro atoms. The molecule has 110 valence electrons. The predicted molar refractivity (Wildman–Crippen MR) is 79.9 cm³/mol. The molecule has 0 saturated heterocycles. The first-order chi connectivity index (χ1) is 8.47. The Kier molecular flexibility index (Phi) is 10.7. The summed E-state index contributed by atoms with van der Waals surface area (Å²) in [6.07, 6.45) is 3.52. The Balaban J connectivity index is 3.84. The first kappa shape index (κ1) is 17.9. The Morgan fingerprint density at radius 3 is 2.22 bits per heavy atom. The van der Waals surface area contributed by atoms with E-state index in [4.69, 9.17) is 0 Å². The molecule has 0 saturated carbocycles. The fourth-order valence-corrected chi connectivity index (χ4v) is 2.00. The van der Waals surface area contributed by atoms with Gasteiger partial charge >= 0.3 is 0 Å². The molecular weight excluding hydrogens is 224 g/mol. The molecule has 0 aromatic rings. The van der Waals surface area contributed by atoms with Gasteiger partial charge in [-0.2, -0.15) is 0 Å². The summed E-state index contributed by atoms with van der Waals surface area (Å²) in [4.78, 5) is 2.39. The van der Waals surface area contributed by atoms with Gasteiger partial charge in [-0.3, -0.25) is 4.90 Å². The van der Waals surface area contributed by atoms with Gasteiger partial charge in [-0.25, -0.2) is 0 Å². The molecule has 0 radical (unpaired) electrons. The van der Waals surface area contributed by atoms with Crippen LogP contribution in [0.1, 0.15) is 53.9 Å². The molecule has 0 aliphatic rings. The van der Waals surface area contributed by atoms with Crippen molar-refractivity contribution in [3.05, 3.63) is 0 Å². The van der Waals surface area contributed by atoms with E-state index in [2.05, 4.69) is 44.8 Å². The summed E-state index contributed by atoms with van der Waals surface area (Å²) in [7, 11) is 0. The molecule has 1 atom stereocenters. The first-order valence-corrected chi connectivity index (χ1v) is 7.60.